The Morgan fingerprint density at radius 3 is 2.15 bits per heavy atom. The molecule has 0 radical (unpaired) electrons. The van der Waals surface area contributed by atoms with E-state index in [0.717, 1.165) is 12.8 Å². The van der Waals surface area contributed by atoms with E-state index in [2.05, 4.69) is 0 Å². The fraction of sp³-hybridized carbons (Fsp3) is 1.00. The molecule has 1 aliphatic rings. The first-order valence-electron chi connectivity index (χ1n) is 8.88. The van der Waals surface area contributed by atoms with Crippen molar-refractivity contribution in [2.24, 2.45) is 0 Å². The lowest BCUT2D eigenvalue weighted by molar-refractivity contribution is -0.0829. The molecule has 11 heteroatoms. The molecule has 0 aromatic rings. The zero-order valence-corrected chi connectivity index (χ0v) is 16.9. The van der Waals surface area contributed by atoms with Crippen molar-refractivity contribution in [2.45, 2.75) is 73.5 Å². The highest BCUT2D eigenvalue weighted by Gasteiger charge is 2.57. The molecule has 0 aromatic heterocycles. The van der Waals surface area contributed by atoms with Crippen LogP contribution in [0.1, 0.15) is 26.2 Å². The van der Waals surface area contributed by atoms with Crippen LogP contribution in [-0.2, 0) is 15.6 Å². The van der Waals surface area contributed by atoms with Crippen molar-refractivity contribution in [3.8, 4) is 0 Å². The topological polar surface area (TPSA) is 171 Å². The third-order valence-corrected chi connectivity index (χ3v) is 7.44. The Morgan fingerprint density at radius 2 is 1.63 bits per heavy atom. The Kier molecular flexibility index (Phi) is 13.6. The van der Waals surface area contributed by atoms with Gasteiger partial charge < -0.3 is 58.0 Å². The van der Waals surface area contributed by atoms with E-state index in [1.807, 2.05) is 6.92 Å². The minimum atomic E-state index is -1.56. The fourth-order valence-electron chi connectivity index (χ4n) is 2.90. The highest BCUT2D eigenvalue weighted by Crippen LogP contribution is 2.30. The maximum Gasteiger partial charge on any atom is 0.245 e. The van der Waals surface area contributed by atoms with Crippen LogP contribution >= 0.6 is 0 Å². The predicted octanol–water partition coefficient (Wildman–Crippen LogP) is -6.33. The van der Waals surface area contributed by atoms with Crippen LogP contribution in [0.4, 0.5) is 0 Å². The second-order valence-corrected chi connectivity index (χ2v) is 8.98. The summed E-state index contributed by atoms with van der Waals surface area (Å²) >= 11 is 0. The zero-order chi connectivity index (χ0) is 19.9. The standard InChI is InChI=1S/C16H33O9S.ClH/c1-2-3-4-25-9(6-17)5-10(19)13(21)11(20)8-26-12(7-18)14(22)15(23)16(26)24;/h9-24H,2-8H2,1H3;1H/q+1;/p-1/t9-,10-,11+,12+,13-,14+,15-,16?,26?;/m0./s1. The molecular weight excluding hydrogens is 404 g/mol. The van der Waals surface area contributed by atoms with Gasteiger partial charge in [-0.05, 0) is 6.42 Å². The molecular formula is C16H33ClO9S. The average molecular weight is 437 g/mol. The van der Waals surface area contributed by atoms with Crippen LogP contribution in [-0.4, -0.2) is 114 Å². The summed E-state index contributed by atoms with van der Waals surface area (Å²) in [6.45, 7) is 1.58. The number of unbranched alkanes of at least 4 members (excludes halogenated alkanes) is 1. The summed E-state index contributed by atoms with van der Waals surface area (Å²) in [6.07, 6.45) is -6.17. The Morgan fingerprint density at radius 1 is 1.00 bits per heavy atom. The van der Waals surface area contributed by atoms with Gasteiger partial charge in [0.1, 0.15) is 24.1 Å². The molecule has 1 heterocycles. The van der Waals surface area contributed by atoms with Crippen LogP contribution in [0, 0.1) is 0 Å². The smallest absolute Gasteiger partial charge is 0.245 e. The fourth-order valence-corrected chi connectivity index (χ4v) is 5.53. The van der Waals surface area contributed by atoms with Crippen LogP contribution in [0.15, 0.2) is 0 Å². The van der Waals surface area contributed by atoms with Crippen molar-refractivity contribution in [1.29, 1.82) is 0 Å². The van der Waals surface area contributed by atoms with E-state index >= 15 is 0 Å². The quantitative estimate of drug-likeness (QED) is 0.109. The molecule has 27 heavy (non-hydrogen) atoms. The van der Waals surface area contributed by atoms with Crippen molar-refractivity contribution in [3.63, 3.8) is 0 Å². The molecule has 1 fully saturated rings. The van der Waals surface area contributed by atoms with E-state index in [4.69, 9.17) is 4.74 Å². The second-order valence-electron chi connectivity index (χ2n) is 6.62. The largest absolute Gasteiger partial charge is 1.00 e. The van der Waals surface area contributed by atoms with Gasteiger partial charge in [0.25, 0.3) is 0 Å². The van der Waals surface area contributed by atoms with E-state index in [-0.39, 0.29) is 31.2 Å². The third-order valence-electron chi connectivity index (χ3n) is 4.61. The molecule has 0 aromatic carbocycles. The Labute approximate surface area is 168 Å². The number of rotatable bonds is 12. The first-order chi connectivity index (χ1) is 12.3. The molecule has 1 rings (SSSR count). The van der Waals surface area contributed by atoms with E-state index < -0.39 is 64.8 Å². The van der Waals surface area contributed by atoms with Gasteiger partial charge in [-0.15, -0.1) is 0 Å². The molecule has 1 saturated heterocycles. The van der Waals surface area contributed by atoms with Gasteiger partial charge in [0.05, 0.1) is 25.4 Å². The number of halogens is 1. The number of ether oxygens (including phenoxy) is 1. The van der Waals surface area contributed by atoms with Crippen molar-refractivity contribution in [3.05, 3.63) is 0 Å². The third kappa shape index (κ3) is 7.56. The summed E-state index contributed by atoms with van der Waals surface area (Å²) < 4.78 is 5.41. The van der Waals surface area contributed by atoms with Crippen molar-refractivity contribution >= 4 is 10.9 Å². The first-order valence-corrected chi connectivity index (χ1v) is 10.4. The first kappa shape index (κ1) is 27.3. The van der Waals surface area contributed by atoms with Crippen molar-refractivity contribution in [1.82, 2.24) is 0 Å². The monoisotopic (exact) mass is 436 g/mol. The molecule has 9 atom stereocenters. The lowest BCUT2D eigenvalue weighted by atomic mass is 10.0. The van der Waals surface area contributed by atoms with Crippen LogP contribution in [0.3, 0.4) is 0 Å². The second kappa shape index (κ2) is 13.5. The molecule has 164 valence electrons. The van der Waals surface area contributed by atoms with Crippen molar-refractivity contribution < 1.29 is 58.0 Å². The predicted molar refractivity (Wildman–Crippen MR) is 95.5 cm³/mol. The Bertz CT molecular complexity index is 395. The highest BCUT2D eigenvalue weighted by molar-refractivity contribution is 7.98. The van der Waals surface area contributed by atoms with E-state index in [9.17, 15) is 40.9 Å². The van der Waals surface area contributed by atoms with Crippen LogP contribution in [0.25, 0.3) is 0 Å². The molecule has 0 bridgehead atoms. The van der Waals surface area contributed by atoms with Gasteiger partial charge in [0.15, 0.2) is 11.4 Å². The number of aliphatic hydroxyl groups excluding tert-OH is 8. The lowest BCUT2D eigenvalue weighted by Gasteiger charge is -2.26. The minimum Gasteiger partial charge on any atom is -1.00 e. The molecule has 8 N–H and O–H groups in total. The number of aliphatic hydroxyl groups is 8. The highest BCUT2D eigenvalue weighted by atomic mass is 35.5. The van der Waals surface area contributed by atoms with Gasteiger partial charge in [-0.3, -0.25) is 0 Å². The maximum atomic E-state index is 10.2. The number of hydrogen-bond donors (Lipinski definition) is 8. The molecule has 9 nitrogen and oxygen atoms in total. The molecule has 0 spiro atoms. The van der Waals surface area contributed by atoms with E-state index in [1.165, 1.54) is 0 Å². The Hall–Kier alpha value is 0.280. The van der Waals surface area contributed by atoms with E-state index in [0.29, 0.717) is 6.61 Å². The summed E-state index contributed by atoms with van der Waals surface area (Å²) in [5, 5.41) is 77.8. The SMILES string of the molecule is CCCCO[C@H](CO)C[C@H](O)[C@H](O)[C@H](O)C[S+]1C(O)[C@@H](O)[C@H](O)[C@H]1CO.[Cl-]. The van der Waals surface area contributed by atoms with Gasteiger partial charge >= 0.3 is 0 Å². The summed E-state index contributed by atoms with van der Waals surface area (Å²) in [6, 6.07) is 0. The Balaban J connectivity index is 0.00000676. The summed E-state index contributed by atoms with van der Waals surface area (Å²) in [4.78, 5) is 0. The maximum absolute atomic E-state index is 10.2. The molecule has 1 aliphatic heterocycles. The van der Waals surface area contributed by atoms with Crippen LogP contribution in [0.5, 0.6) is 0 Å². The van der Waals surface area contributed by atoms with Crippen molar-refractivity contribution in [2.75, 3.05) is 25.6 Å². The number of hydrogen-bond acceptors (Lipinski definition) is 9. The average Bonchev–Trinajstić information content (AvgIpc) is 2.83. The van der Waals surface area contributed by atoms with Crippen LogP contribution in [0.2, 0.25) is 0 Å². The van der Waals surface area contributed by atoms with Gasteiger partial charge in [-0.25, -0.2) is 0 Å². The van der Waals surface area contributed by atoms with Crippen LogP contribution < -0.4 is 12.4 Å². The molecule has 2 unspecified atom stereocenters. The summed E-state index contributed by atoms with van der Waals surface area (Å²) in [5.41, 5.74) is -1.33. The molecule has 0 aliphatic carbocycles. The zero-order valence-electron chi connectivity index (χ0n) is 15.3. The van der Waals surface area contributed by atoms with Gasteiger partial charge in [0.2, 0.25) is 5.44 Å². The normalized spacial score (nSPS) is 32.6. The molecule has 0 amide bonds. The van der Waals surface area contributed by atoms with Gasteiger partial charge in [-0.1, -0.05) is 13.3 Å². The van der Waals surface area contributed by atoms with E-state index in [1.54, 1.807) is 0 Å². The lowest BCUT2D eigenvalue weighted by Crippen LogP contribution is -3.00. The summed E-state index contributed by atoms with van der Waals surface area (Å²) in [5.74, 6) is -0.195. The minimum absolute atomic E-state index is 0. The molecule has 0 saturated carbocycles. The summed E-state index contributed by atoms with van der Waals surface area (Å²) in [7, 11) is -1.15. The van der Waals surface area contributed by atoms with Gasteiger partial charge in [-0.2, -0.15) is 0 Å². The van der Waals surface area contributed by atoms with Gasteiger partial charge in [0, 0.05) is 23.9 Å².